The molecule has 0 aromatic carbocycles. The Morgan fingerprint density at radius 2 is 0.792 bits per heavy atom. The zero-order valence-electron chi connectivity index (χ0n) is 13.4. The standard InChI is InChI=1S/C10H22O10S4/c1-3-21(11,12)19-23(15,16)9-7-5-6-8-10-24(17,18)20-22(13,14)4-2/h3-10H2,1-2H3. The fourth-order valence-corrected chi connectivity index (χ4v) is 6.35. The lowest BCUT2D eigenvalue weighted by Gasteiger charge is -2.06. The third-order valence-electron chi connectivity index (χ3n) is 2.66. The van der Waals surface area contributed by atoms with Gasteiger partial charge < -0.3 is 0 Å². The predicted molar refractivity (Wildman–Crippen MR) is 87.1 cm³/mol. The molecule has 10 nitrogen and oxygen atoms in total. The number of unbranched alkanes of at least 4 members (excludes halogenated alkanes) is 3. The average Bonchev–Trinajstić information content (AvgIpc) is 2.40. The van der Waals surface area contributed by atoms with Gasteiger partial charge in [0.05, 0.1) is 23.0 Å². The third-order valence-corrected chi connectivity index (χ3v) is 8.97. The van der Waals surface area contributed by atoms with Crippen LogP contribution in [0.2, 0.25) is 0 Å². The maximum atomic E-state index is 11.4. The summed E-state index contributed by atoms with van der Waals surface area (Å²) in [4.78, 5) is 0. The highest BCUT2D eigenvalue weighted by Crippen LogP contribution is 2.10. The average molecular weight is 431 g/mol. The van der Waals surface area contributed by atoms with Gasteiger partial charge in [-0.2, -0.15) is 33.7 Å². The molecule has 146 valence electrons. The summed E-state index contributed by atoms with van der Waals surface area (Å²) in [6.45, 7) is 2.48. The number of rotatable bonds is 13. The predicted octanol–water partition coefficient (Wildman–Crippen LogP) is -0.0610. The van der Waals surface area contributed by atoms with Gasteiger partial charge in [0.15, 0.2) is 0 Å². The van der Waals surface area contributed by atoms with Gasteiger partial charge in [0.1, 0.15) is 0 Å². The fraction of sp³-hybridized carbons (Fsp3) is 1.00. The third kappa shape index (κ3) is 11.3. The number of hydrogen-bond acceptors (Lipinski definition) is 10. The molecule has 0 amide bonds. The van der Waals surface area contributed by atoms with Crippen molar-refractivity contribution in [1.29, 1.82) is 0 Å². The van der Waals surface area contributed by atoms with Crippen molar-refractivity contribution < 1.29 is 40.9 Å². The van der Waals surface area contributed by atoms with E-state index in [1.165, 1.54) is 13.8 Å². The van der Waals surface area contributed by atoms with Crippen molar-refractivity contribution in [3.8, 4) is 0 Å². The van der Waals surface area contributed by atoms with Gasteiger partial charge in [-0.3, -0.25) is 0 Å². The molecule has 0 fully saturated rings. The van der Waals surface area contributed by atoms with Crippen LogP contribution in [0.1, 0.15) is 39.5 Å². The van der Waals surface area contributed by atoms with Crippen molar-refractivity contribution in [3.63, 3.8) is 0 Å². The Kier molecular flexibility index (Phi) is 9.32. The Bertz CT molecular complexity index is 720. The molecule has 0 aliphatic rings. The molecule has 14 heteroatoms. The van der Waals surface area contributed by atoms with E-state index >= 15 is 0 Å². The monoisotopic (exact) mass is 430 g/mol. The first-order valence-electron chi connectivity index (χ1n) is 7.07. The first-order chi connectivity index (χ1) is 10.7. The summed E-state index contributed by atoms with van der Waals surface area (Å²) in [6.07, 6.45) is 0.751. The maximum Gasteiger partial charge on any atom is 0.281 e. The normalized spacial score (nSPS) is 13.9. The van der Waals surface area contributed by atoms with Gasteiger partial charge in [0.25, 0.3) is 40.5 Å². The summed E-state index contributed by atoms with van der Waals surface area (Å²) in [5.74, 6) is -1.96. The van der Waals surface area contributed by atoms with Crippen LogP contribution in [0, 0.1) is 0 Å². The second kappa shape index (κ2) is 9.43. The van der Waals surface area contributed by atoms with Crippen LogP contribution in [0.4, 0.5) is 0 Å². The molecule has 0 aromatic heterocycles. The van der Waals surface area contributed by atoms with E-state index in [0.29, 0.717) is 12.8 Å². The van der Waals surface area contributed by atoms with E-state index in [9.17, 15) is 33.7 Å². The van der Waals surface area contributed by atoms with Crippen molar-refractivity contribution in [2.75, 3.05) is 23.0 Å². The Labute approximate surface area is 144 Å². The minimum Gasteiger partial charge on any atom is -0.198 e. The molecule has 0 unspecified atom stereocenters. The smallest absolute Gasteiger partial charge is 0.198 e. The van der Waals surface area contributed by atoms with E-state index in [2.05, 4.69) is 7.26 Å². The summed E-state index contributed by atoms with van der Waals surface area (Å²) in [5, 5.41) is 0. The summed E-state index contributed by atoms with van der Waals surface area (Å²) in [5.41, 5.74) is 0. The van der Waals surface area contributed by atoms with Crippen molar-refractivity contribution >= 4 is 40.5 Å². The quantitative estimate of drug-likeness (QED) is 0.363. The molecule has 0 bridgehead atoms. The minimum absolute atomic E-state index is 0.0791. The maximum absolute atomic E-state index is 11.4. The van der Waals surface area contributed by atoms with Gasteiger partial charge in [-0.1, -0.05) is 12.8 Å². The van der Waals surface area contributed by atoms with Crippen LogP contribution >= 0.6 is 0 Å². The summed E-state index contributed by atoms with van der Waals surface area (Å²) in [7, 11) is -16.6. The zero-order chi connectivity index (χ0) is 19.1. The van der Waals surface area contributed by atoms with Crippen LogP contribution in [0.25, 0.3) is 0 Å². The molecule has 0 rings (SSSR count). The van der Waals surface area contributed by atoms with E-state index in [0.717, 1.165) is 0 Å². The van der Waals surface area contributed by atoms with E-state index in [4.69, 9.17) is 0 Å². The minimum atomic E-state index is -4.20. The van der Waals surface area contributed by atoms with E-state index < -0.39 is 63.5 Å². The van der Waals surface area contributed by atoms with E-state index in [-0.39, 0.29) is 12.8 Å². The molecule has 0 saturated carbocycles. The first kappa shape index (κ1) is 23.7. The largest absolute Gasteiger partial charge is 0.281 e. The van der Waals surface area contributed by atoms with Gasteiger partial charge in [0, 0.05) is 0 Å². The van der Waals surface area contributed by atoms with E-state index in [1.54, 1.807) is 0 Å². The summed E-state index contributed by atoms with van der Waals surface area (Å²) < 4.78 is 98.0. The molecule has 0 heterocycles. The fourth-order valence-electron chi connectivity index (χ4n) is 1.39. The van der Waals surface area contributed by atoms with Crippen LogP contribution in [0.3, 0.4) is 0 Å². The topological polar surface area (TPSA) is 155 Å². The highest BCUT2D eigenvalue weighted by atomic mass is 32.3. The van der Waals surface area contributed by atoms with Crippen LogP contribution < -0.4 is 0 Å². The Morgan fingerprint density at radius 3 is 1.04 bits per heavy atom. The van der Waals surface area contributed by atoms with Crippen molar-refractivity contribution in [2.45, 2.75) is 39.5 Å². The molecule has 0 atom stereocenters. The zero-order valence-corrected chi connectivity index (χ0v) is 16.6. The Balaban J connectivity index is 4.16. The first-order valence-corrected chi connectivity index (χ1v) is 13.4. The van der Waals surface area contributed by atoms with Gasteiger partial charge >= 0.3 is 0 Å². The van der Waals surface area contributed by atoms with Crippen molar-refractivity contribution in [3.05, 3.63) is 0 Å². The van der Waals surface area contributed by atoms with Gasteiger partial charge in [0.2, 0.25) is 0 Å². The Hall–Kier alpha value is -0.280. The molecular formula is C10H22O10S4. The molecule has 0 saturated heterocycles. The highest BCUT2D eigenvalue weighted by Gasteiger charge is 2.22. The molecule has 0 aromatic rings. The lowest BCUT2D eigenvalue weighted by Crippen LogP contribution is -2.18. The second-order valence-corrected chi connectivity index (χ2v) is 12.3. The lowest BCUT2D eigenvalue weighted by atomic mass is 10.2. The van der Waals surface area contributed by atoms with Crippen molar-refractivity contribution in [1.82, 2.24) is 0 Å². The lowest BCUT2D eigenvalue weighted by molar-refractivity contribution is 0.455. The molecular weight excluding hydrogens is 408 g/mol. The molecule has 24 heavy (non-hydrogen) atoms. The highest BCUT2D eigenvalue weighted by molar-refractivity contribution is 8.00. The van der Waals surface area contributed by atoms with Gasteiger partial charge in [-0.15, -0.1) is 7.26 Å². The molecule has 0 aliphatic heterocycles. The molecule has 0 spiro atoms. The molecule has 0 N–H and O–H groups in total. The van der Waals surface area contributed by atoms with Gasteiger partial charge in [-0.05, 0) is 26.7 Å². The van der Waals surface area contributed by atoms with Gasteiger partial charge in [-0.25, -0.2) is 0 Å². The second-order valence-electron chi connectivity index (χ2n) is 4.77. The van der Waals surface area contributed by atoms with Crippen LogP contribution in [0.15, 0.2) is 0 Å². The van der Waals surface area contributed by atoms with E-state index in [1.807, 2.05) is 0 Å². The van der Waals surface area contributed by atoms with Crippen molar-refractivity contribution in [2.24, 2.45) is 0 Å². The Morgan fingerprint density at radius 1 is 0.500 bits per heavy atom. The molecule has 0 aliphatic carbocycles. The summed E-state index contributed by atoms with van der Waals surface area (Å²) in [6, 6.07) is 0. The van der Waals surface area contributed by atoms with Crippen LogP contribution in [-0.2, 0) is 47.7 Å². The molecule has 0 radical (unpaired) electrons. The SMILES string of the molecule is CCS(=O)(=O)OS(=O)(=O)CCCCCCS(=O)(=O)OS(=O)(=O)CC. The number of hydrogen-bond donors (Lipinski definition) is 0. The van der Waals surface area contributed by atoms with Crippen LogP contribution in [-0.4, -0.2) is 56.7 Å². The summed E-state index contributed by atoms with van der Waals surface area (Å²) >= 11 is 0. The van der Waals surface area contributed by atoms with Crippen LogP contribution in [0.5, 0.6) is 0 Å².